The van der Waals surface area contributed by atoms with Gasteiger partial charge in [-0.3, -0.25) is 9.59 Å². The van der Waals surface area contributed by atoms with Gasteiger partial charge in [-0.25, -0.2) is 0 Å². The highest BCUT2D eigenvalue weighted by Gasteiger charge is 2.28. The summed E-state index contributed by atoms with van der Waals surface area (Å²) in [5.74, 6) is -0.151. The highest BCUT2D eigenvalue weighted by molar-refractivity contribution is 7.12. The second-order valence-corrected chi connectivity index (χ2v) is 6.94. The molecule has 1 saturated heterocycles. The van der Waals surface area contributed by atoms with Gasteiger partial charge in [0, 0.05) is 36.4 Å². The quantitative estimate of drug-likeness (QED) is 0.860. The van der Waals surface area contributed by atoms with E-state index in [2.05, 4.69) is 24.5 Å². The summed E-state index contributed by atoms with van der Waals surface area (Å²) in [4.78, 5) is 27.5. The van der Waals surface area contributed by atoms with E-state index in [0.29, 0.717) is 22.7 Å². The lowest BCUT2D eigenvalue weighted by molar-refractivity contribution is 0.0603. The summed E-state index contributed by atoms with van der Waals surface area (Å²) in [6.45, 7) is 5.63. The molecule has 1 fully saturated rings. The molecule has 2 unspecified atom stereocenters. The molecular weight excluding hydrogens is 358 g/mol. The molecule has 2 heterocycles. The number of hydrogen-bond donors (Lipinski definition) is 2. The molecule has 1 aliphatic heterocycles. The first kappa shape index (κ1) is 19.4. The minimum Gasteiger partial charge on any atom is -0.333 e. The van der Waals surface area contributed by atoms with Crippen molar-refractivity contribution < 1.29 is 9.59 Å². The third kappa shape index (κ3) is 4.39. The van der Waals surface area contributed by atoms with Crippen LogP contribution < -0.4 is 10.6 Å². The van der Waals surface area contributed by atoms with Gasteiger partial charge in [-0.2, -0.15) is 0 Å². The second-order valence-electron chi connectivity index (χ2n) is 5.99. The van der Waals surface area contributed by atoms with Crippen LogP contribution in [-0.4, -0.2) is 41.9 Å². The van der Waals surface area contributed by atoms with Gasteiger partial charge in [0.25, 0.3) is 11.8 Å². The summed E-state index contributed by atoms with van der Waals surface area (Å²) in [5, 5.41) is 8.09. The Balaban J connectivity index is 0.00000225. The number of carbonyl (C=O) groups excluding carboxylic acids is 2. The Morgan fingerprint density at radius 3 is 2.76 bits per heavy atom. The van der Waals surface area contributed by atoms with E-state index in [-0.39, 0.29) is 36.3 Å². The summed E-state index contributed by atoms with van der Waals surface area (Å²) in [7, 11) is 0. The van der Waals surface area contributed by atoms with Crippen LogP contribution in [0.3, 0.4) is 0 Å². The zero-order chi connectivity index (χ0) is 17.1. The van der Waals surface area contributed by atoms with Crippen molar-refractivity contribution in [1.82, 2.24) is 10.2 Å². The molecule has 3 rings (SSSR count). The molecule has 0 aliphatic carbocycles. The molecule has 0 radical (unpaired) electrons. The Morgan fingerprint density at radius 1 is 1.24 bits per heavy atom. The normalized spacial score (nSPS) is 19.8. The zero-order valence-electron chi connectivity index (χ0n) is 14.2. The van der Waals surface area contributed by atoms with Crippen LogP contribution in [0.4, 0.5) is 5.69 Å². The number of nitrogens with one attached hydrogen (secondary N) is 2. The van der Waals surface area contributed by atoms with Gasteiger partial charge >= 0.3 is 0 Å². The zero-order valence-corrected chi connectivity index (χ0v) is 15.8. The van der Waals surface area contributed by atoms with Crippen molar-refractivity contribution in [3.05, 3.63) is 52.2 Å². The lowest BCUT2D eigenvalue weighted by Crippen LogP contribution is -2.57. The highest BCUT2D eigenvalue weighted by atomic mass is 35.5. The molecule has 0 saturated carbocycles. The van der Waals surface area contributed by atoms with E-state index in [4.69, 9.17) is 0 Å². The van der Waals surface area contributed by atoms with Crippen molar-refractivity contribution in [3.8, 4) is 0 Å². The lowest BCUT2D eigenvalue weighted by atomic mass is 10.0. The van der Waals surface area contributed by atoms with E-state index in [1.54, 1.807) is 30.3 Å². The van der Waals surface area contributed by atoms with Crippen molar-refractivity contribution in [2.75, 3.05) is 18.4 Å². The van der Waals surface area contributed by atoms with Gasteiger partial charge in [0.15, 0.2) is 0 Å². The number of hydrogen-bond acceptors (Lipinski definition) is 4. The van der Waals surface area contributed by atoms with E-state index in [1.165, 1.54) is 11.3 Å². The van der Waals surface area contributed by atoms with Crippen LogP contribution in [0.5, 0.6) is 0 Å². The highest BCUT2D eigenvalue weighted by Crippen LogP contribution is 2.18. The topological polar surface area (TPSA) is 61.4 Å². The standard InChI is InChI=1S/C18H21N3O2S.ClH/c1-12-13(2)21(9-8-19-12)18(23)14-5-3-6-15(11-14)20-17(22)16-7-4-10-24-16;/h3-7,10-13,19H,8-9H2,1-2H3,(H,20,22);1H. The Labute approximate surface area is 157 Å². The molecule has 0 bridgehead atoms. The van der Waals surface area contributed by atoms with Gasteiger partial charge in [0.05, 0.1) is 4.88 Å². The molecule has 2 atom stereocenters. The molecule has 5 nitrogen and oxygen atoms in total. The second kappa shape index (κ2) is 8.47. The van der Waals surface area contributed by atoms with Gasteiger partial charge in [-0.05, 0) is 43.5 Å². The third-order valence-corrected chi connectivity index (χ3v) is 5.28. The maximum Gasteiger partial charge on any atom is 0.265 e. The summed E-state index contributed by atoms with van der Waals surface area (Å²) >= 11 is 1.39. The fraction of sp³-hybridized carbons (Fsp3) is 0.333. The van der Waals surface area contributed by atoms with Crippen molar-refractivity contribution in [2.45, 2.75) is 25.9 Å². The molecule has 2 aromatic rings. The van der Waals surface area contributed by atoms with E-state index in [0.717, 1.165) is 6.54 Å². The summed E-state index contributed by atoms with van der Waals surface area (Å²) in [5.41, 5.74) is 1.23. The molecule has 25 heavy (non-hydrogen) atoms. The molecular formula is C18H22ClN3O2S. The van der Waals surface area contributed by atoms with Gasteiger partial charge in [0.1, 0.15) is 0 Å². The van der Waals surface area contributed by atoms with Crippen LogP contribution in [0, 0.1) is 0 Å². The summed E-state index contributed by atoms with van der Waals surface area (Å²) in [6, 6.07) is 11.2. The van der Waals surface area contributed by atoms with E-state index < -0.39 is 0 Å². The molecule has 134 valence electrons. The number of anilines is 1. The minimum atomic E-state index is -0.154. The predicted molar refractivity (Wildman–Crippen MR) is 104 cm³/mol. The van der Waals surface area contributed by atoms with Crippen LogP contribution in [-0.2, 0) is 0 Å². The predicted octanol–water partition coefficient (Wildman–Crippen LogP) is 3.24. The molecule has 7 heteroatoms. The Bertz CT molecular complexity index is 736. The number of benzene rings is 1. The monoisotopic (exact) mass is 379 g/mol. The van der Waals surface area contributed by atoms with Crippen molar-refractivity contribution >= 4 is 41.2 Å². The Hall–Kier alpha value is -1.89. The largest absolute Gasteiger partial charge is 0.333 e. The molecule has 1 aliphatic rings. The number of carbonyl (C=O) groups is 2. The number of piperazine rings is 1. The van der Waals surface area contributed by atoms with Gasteiger partial charge in [-0.15, -0.1) is 23.7 Å². The number of amides is 2. The maximum absolute atomic E-state index is 12.8. The van der Waals surface area contributed by atoms with Crippen LogP contribution in [0.15, 0.2) is 41.8 Å². The molecule has 1 aromatic heterocycles. The van der Waals surface area contributed by atoms with Crippen molar-refractivity contribution in [2.24, 2.45) is 0 Å². The van der Waals surface area contributed by atoms with Gasteiger partial charge < -0.3 is 15.5 Å². The van der Waals surface area contributed by atoms with E-state index >= 15 is 0 Å². The van der Waals surface area contributed by atoms with E-state index in [1.807, 2.05) is 16.3 Å². The van der Waals surface area contributed by atoms with Gasteiger partial charge in [-0.1, -0.05) is 12.1 Å². The first-order chi connectivity index (χ1) is 11.6. The fourth-order valence-electron chi connectivity index (χ4n) is 2.84. The molecule has 1 aromatic carbocycles. The summed E-state index contributed by atoms with van der Waals surface area (Å²) in [6.07, 6.45) is 0. The average molecular weight is 380 g/mol. The first-order valence-corrected chi connectivity index (χ1v) is 8.93. The third-order valence-electron chi connectivity index (χ3n) is 4.41. The minimum absolute atomic E-state index is 0. The Morgan fingerprint density at radius 2 is 2.04 bits per heavy atom. The Kier molecular flexibility index (Phi) is 6.58. The van der Waals surface area contributed by atoms with Crippen LogP contribution in [0.25, 0.3) is 0 Å². The average Bonchev–Trinajstić information content (AvgIpc) is 3.12. The molecule has 2 N–H and O–H groups in total. The maximum atomic E-state index is 12.8. The number of halogens is 1. The number of thiophene rings is 1. The van der Waals surface area contributed by atoms with Crippen LogP contribution in [0.2, 0.25) is 0 Å². The smallest absolute Gasteiger partial charge is 0.265 e. The fourth-order valence-corrected chi connectivity index (χ4v) is 3.46. The summed E-state index contributed by atoms with van der Waals surface area (Å²) < 4.78 is 0. The van der Waals surface area contributed by atoms with Crippen molar-refractivity contribution in [1.29, 1.82) is 0 Å². The van der Waals surface area contributed by atoms with E-state index in [9.17, 15) is 9.59 Å². The number of rotatable bonds is 3. The number of nitrogens with zero attached hydrogens (tertiary/aromatic N) is 1. The molecule has 2 amide bonds. The first-order valence-electron chi connectivity index (χ1n) is 8.05. The van der Waals surface area contributed by atoms with Crippen LogP contribution >= 0.6 is 23.7 Å². The van der Waals surface area contributed by atoms with Gasteiger partial charge in [0.2, 0.25) is 0 Å². The lowest BCUT2D eigenvalue weighted by Gasteiger charge is -2.38. The molecule has 0 spiro atoms. The van der Waals surface area contributed by atoms with Crippen molar-refractivity contribution in [3.63, 3.8) is 0 Å². The SMILES string of the molecule is CC1NCCN(C(=O)c2cccc(NC(=O)c3cccs3)c2)C1C.Cl. The van der Waals surface area contributed by atoms with Crippen LogP contribution in [0.1, 0.15) is 33.9 Å².